The van der Waals surface area contributed by atoms with Gasteiger partial charge in [-0.15, -0.1) is 0 Å². The van der Waals surface area contributed by atoms with Crippen molar-refractivity contribution in [3.05, 3.63) is 40.4 Å². The van der Waals surface area contributed by atoms with Gasteiger partial charge in [-0.1, -0.05) is 23.7 Å². The molecule has 0 atom stereocenters. The second-order valence-electron chi connectivity index (χ2n) is 9.71. The summed E-state index contributed by atoms with van der Waals surface area (Å²) in [7, 11) is 1.22. The Morgan fingerprint density at radius 2 is 1.97 bits per heavy atom. The minimum absolute atomic E-state index is 0.324. The molecule has 178 valence electrons. The fourth-order valence-electron chi connectivity index (χ4n) is 4.24. The van der Waals surface area contributed by atoms with Crippen LogP contribution in [0.15, 0.2) is 18.2 Å². The molecule has 1 saturated heterocycles. The first kappa shape index (κ1) is 24.2. The first-order valence-electron chi connectivity index (χ1n) is 11.3. The molecule has 2 aliphatic heterocycles. The van der Waals surface area contributed by atoms with Gasteiger partial charge in [0, 0.05) is 44.3 Å². The fourth-order valence-corrected chi connectivity index (χ4v) is 4.50. The van der Waals surface area contributed by atoms with E-state index in [4.69, 9.17) is 20.9 Å². The summed E-state index contributed by atoms with van der Waals surface area (Å²) in [5.74, 6) is -0.0142. The number of halogens is 2. The highest BCUT2D eigenvalue weighted by molar-refractivity contribution is 6.66. The zero-order chi connectivity index (χ0) is 24.0. The molecule has 0 bridgehead atoms. The molecule has 1 aromatic heterocycles. The van der Waals surface area contributed by atoms with Crippen molar-refractivity contribution in [1.29, 1.82) is 0 Å². The molecule has 7 nitrogen and oxygen atoms in total. The standard InChI is InChI=1S/C23H31BClFN4O3/c1-22(2)23(3,4)33-24(32-22)15-8-6-9-16(19(15)25)28-21(31)20-27-17-14-30(12-7-11-26)13-10-18(17)29(20)5/h6,8-9H,7,10-14H2,1-5H3,(H,28,31). The van der Waals surface area contributed by atoms with Crippen LogP contribution in [-0.2, 0) is 29.3 Å². The number of nitrogens with zero attached hydrogens (tertiary/aromatic N) is 3. The Kier molecular flexibility index (Phi) is 6.61. The Hall–Kier alpha value is -1.94. The van der Waals surface area contributed by atoms with Gasteiger partial charge in [0.1, 0.15) is 0 Å². The van der Waals surface area contributed by atoms with Gasteiger partial charge in [0.25, 0.3) is 5.91 Å². The molecule has 1 N–H and O–H groups in total. The predicted molar refractivity (Wildman–Crippen MR) is 128 cm³/mol. The number of amides is 1. The van der Waals surface area contributed by atoms with E-state index in [2.05, 4.69) is 15.2 Å². The normalized spacial score (nSPS) is 19.5. The lowest BCUT2D eigenvalue weighted by Gasteiger charge is -2.32. The van der Waals surface area contributed by atoms with Crippen LogP contribution < -0.4 is 10.8 Å². The maximum absolute atomic E-state index is 13.1. The highest BCUT2D eigenvalue weighted by atomic mass is 35.5. The van der Waals surface area contributed by atoms with Crippen LogP contribution in [0, 0.1) is 0 Å². The second-order valence-corrected chi connectivity index (χ2v) is 10.1. The molecule has 1 fully saturated rings. The summed E-state index contributed by atoms with van der Waals surface area (Å²) in [6, 6.07) is 5.40. The number of rotatable bonds is 6. The zero-order valence-electron chi connectivity index (χ0n) is 19.9. The summed E-state index contributed by atoms with van der Waals surface area (Å²) in [6.45, 7) is 9.73. The molecule has 2 aromatic rings. The molecule has 0 unspecified atom stereocenters. The number of nitrogens with one attached hydrogen (secondary N) is 1. The van der Waals surface area contributed by atoms with Crippen LogP contribution >= 0.6 is 11.6 Å². The second kappa shape index (κ2) is 9.02. The smallest absolute Gasteiger partial charge is 0.399 e. The summed E-state index contributed by atoms with van der Waals surface area (Å²) in [5.41, 5.74) is 2.04. The van der Waals surface area contributed by atoms with E-state index < -0.39 is 18.3 Å². The zero-order valence-corrected chi connectivity index (χ0v) is 20.6. The molecular formula is C23H31BClFN4O3. The van der Waals surface area contributed by atoms with E-state index in [0.29, 0.717) is 41.5 Å². The maximum Gasteiger partial charge on any atom is 0.496 e. The van der Waals surface area contributed by atoms with Gasteiger partial charge >= 0.3 is 7.12 Å². The quantitative estimate of drug-likeness (QED) is 0.648. The van der Waals surface area contributed by atoms with Gasteiger partial charge in [0.2, 0.25) is 0 Å². The highest BCUT2D eigenvalue weighted by Gasteiger charge is 2.52. The minimum atomic E-state index is -0.630. The van der Waals surface area contributed by atoms with Gasteiger partial charge in [0.05, 0.1) is 34.3 Å². The lowest BCUT2D eigenvalue weighted by molar-refractivity contribution is 0.00578. The SMILES string of the molecule is Cn1c(C(=O)Nc2cccc(B3OC(C)(C)C(C)(C)O3)c2Cl)nc2c1CCN(CCCF)C2. The number of imidazole rings is 1. The molecule has 0 radical (unpaired) electrons. The largest absolute Gasteiger partial charge is 0.496 e. The monoisotopic (exact) mass is 476 g/mol. The van der Waals surface area contributed by atoms with E-state index in [1.165, 1.54) is 0 Å². The third kappa shape index (κ3) is 4.56. The molecule has 2 aliphatic rings. The molecule has 10 heteroatoms. The summed E-state index contributed by atoms with van der Waals surface area (Å²) >= 11 is 6.68. The number of carbonyl (C=O) groups excluding carboxylic acids is 1. The van der Waals surface area contributed by atoms with Gasteiger partial charge in [-0.25, -0.2) is 4.98 Å². The summed E-state index contributed by atoms with van der Waals surface area (Å²) in [4.78, 5) is 19.9. The Balaban J connectivity index is 1.53. The van der Waals surface area contributed by atoms with Crippen molar-refractivity contribution in [3.8, 4) is 0 Å². The molecular weight excluding hydrogens is 446 g/mol. The van der Waals surface area contributed by atoms with Gasteiger partial charge in [0.15, 0.2) is 5.82 Å². The Labute approximate surface area is 199 Å². The number of fused-ring (bicyclic) bond motifs is 1. The average molecular weight is 477 g/mol. The molecule has 0 aliphatic carbocycles. The van der Waals surface area contributed by atoms with Gasteiger partial charge in [-0.3, -0.25) is 14.1 Å². The Morgan fingerprint density at radius 3 is 2.64 bits per heavy atom. The molecule has 33 heavy (non-hydrogen) atoms. The van der Waals surface area contributed by atoms with Crippen molar-refractivity contribution in [1.82, 2.24) is 14.5 Å². The van der Waals surface area contributed by atoms with Crippen LogP contribution in [0.5, 0.6) is 0 Å². The van der Waals surface area contributed by atoms with Crippen LogP contribution in [0.1, 0.15) is 56.1 Å². The minimum Gasteiger partial charge on any atom is -0.399 e. The first-order valence-corrected chi connectivity index (χ1v) is 11.7. The van der Waals surface area contributed by atoms with Crippen molar-refractivity contribution in [2.75, 3.05) is 25.1 Å². The number of hydrogen-bond donors (Lipinski definition) is 1. The van der Waals surface area contributed by atoms with Crippen LogP contribution in [0.4, 0.5) is 10.1 Å². The van der Waals surface area contributed by atoms with E-state index in [0.717, 1.165) is 24.4 Å². The van der Waals surface area contributed by atoms with Crippen molar-refractivity contribution in [2.45, 2.75) is 58.3 Å². The first-order chi connectivity index (χ1) is 15.5. The van der Waals surface area contributed by atoms with E-state index >= 15 is 0 Å². The Bertz CT molecular complexity index is 1040. The maximum atomic E-state index is 13.1. The number of alkyl halides is 1. The number of carbonyl (C=O) groups is 1. The number of benzene rings is 1. The molecule has 4 rings (SSSR count). The van der Waals surface area contributed by atoms with Gasteiger partial charge < -0.3 is 19.2 Å². The van der Waals surface area contributed by atoms with E-state index in [-0.39, 0.29) is 12.6 Å². The number of hydrogen-bond acceptors (Lipinski definition) is 5. The third-order valence-electron chi connectivity index (χ3n) is 6.93. The summed E-state index contributed by atoms with van der Waals surface area (Å²) in [5, 5.41) is 3.27. The average Bonchev–Trinajstić information content (AvgIpc) is 3.19. The molecule has 3 heterocycles. The van der Waals surface area contributed by atoms with E-state index in [1.807, 2.05) is 51.4 Å². The highest BCUT2D eigenvalue weighted by Crippen LogP contribution is 2.37. The fraction of sp³-hybridized carbons (Fsp3) is 0.565. The summed E-state index contributed by atoms with van der Waals surface area (Å²) in [6.07, 6.45) is 1.28. The van der Waals surface area contributed by atoms with Crippen LogP contribution in [0.3, 0.4) is 0 Å². The van der Waals surface area contributed by atoms with Gasteiger partial charge in [-0.2, -0.15) is 0 Å². The lowest BCUT2D eigenvalue weighted by atomic mass is 9.79. The van der Waals surface area contributed by atoms with Crippen molar-refractivity contribution >= 4 is 35.8 Å². The third-order valence-corrected chi connectivity index (χ3v) is 7.35. The van der Waals surface area contributed by atoms with E-state index in [1.54, 1.807) is 6.07 Å². The summed E-state index contributed by atoms with van der Waals surface area (Å²) < 4.78 is 26.6. The van der Waals surface area contributed by atoms with Crippen LogP contribution in [0.2, 0.25) is 5.02 Å². The topological polar surface area (TPSA) is 68.6 Å². The van der Waals surface area contributed by atoms with Crippen LogP contribution in [-0.4, -0.2) is 58.4 Å². The number of aromatic nitrogens is 2. The number of anilines is 1. The van der Waals surface area contributed by atoms with Crippen LogP contribution in [0.25, 0.3) is 0 Å². The predicted octanol–water partition coefficient (Wildman–Crippen LogP) is 3.34. The van der Waals surface area contributed by atoms with Crippen molar-refractivity contribution in [3.63, 3.8) is 0 Å². The Morgan fingerprint density at radius 1 is 1.27 bits per heavy atom. The van der Waals surface area contributed by atoms with E-state index in [9.17, 15) is 9.18 Å². The lowest BCUT2D eigenvalue weighted by Crippen LogP contribution is -2.41. The van der Waals surface area contributed by atoms with Crippen molar-refractivity contribution in [2.24, 2.45) is 7.05 Å². The molecule has 1 aromatic carbocycles. The van der Waals surface area contributed by atoms with Gasteiger partial charge in [-0.05, 0) is 40.2 Å². The van der Waals surface area contributed by atoms with Crippen molar-refractivity contribution < 1.29 is 18.5 Å². The molecule has 1 amide bonds. The molecule has 0 spiro atoms. The molecule has 0 saturated carbocycles.